The van der Waals surface area contributed by atoms with Gasteiger partial charge in [-0.3, -0.25) is 0 Å². The Labute approximate surface area is 76.0 Å². The van der Waals surface area contributed by atoms with Crippen molar-refractivity contribution < 1.29 is 27.0 Å². The second-order valence-electron chi connectivity index (χ2n) is 1.85. The normalized spacial score (nSPS) is 16.2. The smallest absolute Gasteiger partial charge is 0.364 e. The van der Waals surface area contributed by atoms with Gasteiger partial charge < -0.3 is 10.2 Å². The molecule has 2 N–H and O–H groups in total. The van der Waals surface area contributed by atoms with E-state index in [4.69, 9.17) is 10.2 Å². The highest BCUT2D eigenvalue weighted by molar-refractivity contribution is 7.81. The van der Waals surface area contributed by atoms with E-state index in [2.05, 4.69) is 21.5 Å². The highest BCUT2D eigenvalue weighted by Gasteiger charge is 2.19. The lowest BCUT2D eigenvalue weighted by Gasteiger charge is -2.09. The summed E-state index contributed by atoms with van der Waals surface area (Å²) in [5.74, 6) is 0. The van der Waals surface area contributed by atoms with Gasteiger partial charge in [0.05, 0.1) is 0 Å². The predicted octanol–water partition coefficient (Wildman–Crippen LogP) is -0.727. The van der Waals surface area contributed by atoms with Gasteiger partial charge in [-0.2, -0.15) is 8.42 Å². The van der Waals surface area contributed by atoms with Crippen LogP contribution in [0.1, 0.15) is 0 Å². The van der Waals surface area contributed by atoms with Crippen LogP contribution in [-0.2, 0) is 18.8 Å². The third-order valence-electron chi connectivity index (χ3n) is 0.836. The summed E-state index contributed by atoms with van der Waals surface area (Å²) in [6.45, 7) is 6.13. The lowest BCUT2D eigenvalue weighted by atomic mass is 10.6. The molecule has 0 spiro atoms. The maximum Gasteiger partial charge on any atom is 0.405 e. The lowest BCUT2D eigenvalue weighted by Crippen LogP contribution is -2.22. The summed E-state index contributed by atoms with van der Waals surface area (Å²) in [7, 11) is -4.45. The fraction of sp³-hybridized carbons (Fsp3) is 0.333. The quantitative estimate of drug-likeness (QED) is 0.443. The van der Waals surface area contributed by atoms with Crippen LogP contribution in [0.2, 0.25) is 0 Å². The van der Waals surface area contributed by atoms with Crippen molar-refractivity contribution >= 4 is 10.4 Å². The number of hydrogen-bond donors (Lipinski definition) is 2. The summed E-state index contributed by atoms with van der Waals surface area (Å²) < 4.78 is 29.3. The van der Waals surface area contributed by atoms with Crippen LogP contribution in [0.15, 0.2) is 25.3 Å². The first-order chi connectivity index (χ1) is 5.91. The van der Waals surface area contributed by atoms with Gasteiger partial charge in [0.25, 0.3) is 0 Å². The molecule has 76 valence electrons. The summed E-state index contributed by atoms with van der Waals surface area (Å²) in [5.41, 5.74) is 0. The maximum absolute atomic E-state index is 10.7. The van der Waals surface area contributed by atoms with Crippen LogP contribution in [-0.4, -0.2) is 31.2 Å². The molecule has 0 aromatic carbocycles. The Balaban J connectivity index is 4.24. The Bertz CT molecular complexity index is 247. The van der Waals surface area contributed by atoms with Crippen LogP contribution in [0.4, 0.5) is 0 Å². The van der Waals surface area contributed by atoms with E-state index >= 15 is 0 Å². The number of hydrogen-bond acceptors (Lipinski definition) is 6. The average molecular weight is 210 g/mol. The number of aliphatic hydroxyl groups excluding tert-OH is 2. The minimum atomic E-state index is -4.45. The van der Waals surface area contributed by atoms with Crippen LogP contribution in [0, 0.1) is 0 Å². The lowest BCUT2D eigenvalue weighted by molar-refractivity contribution is -0.0208. The molecule has 2 atom stereocenters. The van der Waals surface area contributed by atoms with Gasteiger partial charge in [-0.15, -0.1) is 0 Å². The SMILES string of the molecule is C=CC(O)OS(=O)(=O)OC(O)C=C. The molecule has 0 bridgehead atoms. The zero-order chi connectivity index (χ0) is 10.5. The zero-order valence-corrected chi connectivity index (χ0v) is 7.48. The molecule has 0 fully saturated rings. The molecule has 0 aromatic rings. The van der Waals surface area contributed by atoms with Crippen molar-refractivity contribution in [2.75, 3.05) is 0 Å². The first kappa shape index (κ1) is 12.3. The average Bonchev–Trinajstić information content (AvgIpc) is 2.02. The van der Waals surface area contributed by atoms with Crippen LogP contribution in [0.25, 0.3) is 0 Å². The molecular formula is C6H10O6S. The van der Waals surface area contributed by atoms with Crippen molar-refractivity contribution in [2.45, 2.75) is 12.6 Å². The maximum atomic E-state index is 10.7. The zero-order valence-electron chi connectivity index (χ0n) is 6.66. The fourth-order valence-corrected chi connectivity index (χ4v) is 1.03. The van der Waals surface area contributed by atoms with E-state index in [1.54, 1.807) is 0 Å². The van der Waals surface area contributed by atoms with E-state index in [-0.39, 0.29) is 0 Å². The number of rotatable bonds is 6. The Kier molecular flexibility index (Phi) is 4.81. The molecule has 0 amide bonds. The molecule has 0 aliphatic carbocycles. The van der Waals surface area contributed by atoms with Crippen molar-refractivity contribution in [3.8, 4) is 0 Å². The molecule has 0 aliphatic heterocycles. The largest absolute Gasteiger partial charge is 0.405 e. The number of aliphatic hydroxyl groups is 2. The van der Waals surface area contributed by atoms with Gasteiger partial charge in [0.15, 0.2) is 12.6 Å². The summed E-state index contributed by atoms with van der Waals surface area (Å²) in [5, 5.41) is 17.3. The standard InChI is InChI=1S/C6H10O6S/c1-3-5(7)11-13(9,10)12-6(8)4-2/h3-8H,1-2H2. The van der Waals surface area contributed by atoms with Gasteiger partial charge in [-0.1, -0.05) is 13.2 Å². The van der Waals surface area contributed by atoms with E-state index < -0.39 is 23.0 Å². The molecule has 0 aromatic heterocycles. The van der Waals surface area contributed by atoms with Gasteiger partial charge in [-0.05, 0) is 12.2 Å². The highest BCUT2D eigenvalue weighted by Crippen LogP contribution is 2.03. The van der Waals surface area contributed by atoms with Crippen molar-refractivity contribution in [3.05, 3.63) is 25.3 Å². The Hall–Kier alpha value is -0.730. The monoisotopic (exact) mass is 210 g/mol. The van der Waals surface area contributed by atoms with Crippen molar-refractivity contribution in [1.82, 2.24) is 0 Å². The van der Waals surface area contributed by atoms with Crippen molar-refractivity contribution in [3.63, 3.8) is 0 Å². The van der Waals surface area contributed by atoms with Crippen LogP contribution in [0.5, 0.6) is 0 Å². The van der Waals surface area contributed by atoms with Gasteiger partial charge in [-0.25, -0.2) is 8.37 Å². The van der Waals surface area contributed by atoms with Gasteiger partial charge in [0.1, 0.15) is 0 Å². The Morgan fingerprint density at radius 3 is 1.62 bits per heavy atom. The van der Waals surface area contributed by atoms with E-state index in [0.29, 0.717) is 0 Å². The van der Waals surface area contributed by atoms with Gasteiger partial charge in [0.2, 0.25) is 0 Å². The van der Waals surface area contributed by atoms with E-state index in [1.807, 2.05) is 0 Å². The Morgan fingerprint density at radius 1 is 1.08 bits per heavy atom. The first-order valence-electron chi connectivity index (χ1n) is 3.14. The van der Waals surface area contributed by atoms with Gasteiger partial charge >= 0.3 is 10.4 Å². The fourth-order valence-electron chi connectivity index (χ4n) is 0.343. The van der Waals surface area contributed by atoms with Crippen molar-refractivity contribution in [2.24, 2.45) is 0 Å². The molecule has 0 radical (unpaired) electrons. The second kappa shape index (κ2) is 5.10. The molecule has 6 nitrogen and oxygen atoms in total. The topological polar surface area (TPSA) is 93.1 Å². The van der Waals surface area contributed by atoms with Crippen LogP contribution >= 0.6 is 0 Å². The molecule has 0 heterocycles. The second-order valence-corrected chi connectivity index (χ2v) is 3.05. The predicted molar refractivity (Wildman–Crippen MR) is 43.5 cm³/mol. The van der Waals surface area contributed by atoms with E-state index in [9.17, 15) is 8.42 Å². The van der Waals surface area contributed by atoms with E-state index in [1.165, 1.54) is 0 Å². The minimum absolute atomic E-state index is 0.835. The molecule has 0 rings (SSSR count). The summed E-state index contributed by atoms with van der Waals surface area (Å²) >= 11 is 0. The van der Waals surface area contributed by atoms with Gasteiger partial charge in [0, 0.05) is 0 Å². The molecule has 0 aliphatic rings. The summed E-state index contributed by atoms with van der Waals surface area (Å²) in [6.07, 6.45) is -1.74. The molecule has 13 heavy (non-hydrogen) atoms. The van der Waals surface area contributed by atoms with E-state index in [0.717, 1.165) is 12.2 Å². The first-order valence-corrected chi connectivity index (χ1v) is 4.47. The third kappa shape index (κ3) is 5.50. The molecular weight excluding hydrogens is 200 g/mol. The minimum Gasteiger partial charge on any atom is -0.364 e. The molecule has 2 unspecified atom stereocenters. The summed E-state index contributed by atoms with van der Waals surface area (Å²) in [6, 6.07) is 0. The third-order valence-corrected chi connectivity index (χ3v) is 1.70. The molecule has 7 heteroatoms. The highest BCUT2D eigenvalue weighted by atomic mass is 32.3. The van der Waals surface area contributed by atoms with Crippen LogP contribution in [0.3, 0.4) is 0 Å². The molecule has 0 saturated heterocycles. The summed E-state index contributed by atoms with van der Waals surface area (Å²) in [4.78, 5) is 0. The van der Waals surface area contributed by atoms with Crippen molar-refractivity contribution in [1.29, 1.82) is 0 Å². The Morgan fingerprint density at radius 2 is 1.38 bits per heavy atom. The molecule has 0 saturated carbocycles. The van der Waals surface area contributed by atoms with Crippen LogP contribution < -0.4 is 0 Å².